The minimum Gasteiger partial charge on any atom is -0.440 e. The Morgan fingerprint density at radius 3 is 2.61 bits per heavy atom. The van der Waals surface area contributed by atoms with Crippen LogP contribution in [0.25, 0.3) is 0 Å². The zero-order chi connectivity index (χ0) is 22.0. The maximum Gasteiger partial charge on any atom is 0.258 e. The van der Waals surface area contributed by atoms with Crippen LogP contribution in [0.4, 0.5) is 0 Å². The smallest absolute Gasteiger partial charge is 0.258 e. The van der Waals surface area contributed by atoms with Gasteiger partial charge < -0.3 is 19.8 Å². The van der Waals surface area contributed by atoms with E-state index in [2.05, 4.69) is 11.0 Å². The van der Waals surface area contributed by atoms with Crippen molar-refractivity contribution >= 4 is 11.6 Å². The van der Waals surface area contributed by atoms with Crippen molar-refractivity contribution in [2.75, 3.05) is 32.8 Å². The van der Waals surface area contributed by atoms with Gasteiger partial charge in [-0.15, -0.1) is 0 Å². The molecule has 1 saturated heterocycles. The first-order valence-electron chi connectivity index (χ1n) is 10.4. The second-order valence-electron chi connectivity index (χ2n) is 7.80. The topological polar surface area (TPSA) is 93.5 Å². The fraction of sp³-hybridized carbons (Fsp3) is 0.391. The van der Waals surface area contributed by atoms with E-state index in [4.69, 9.17) is 26.8 Å². The Balaban J connectivity index is 1.69. The molecule has 2 aliphatic heterocycles. The predicted molar refractivity (Wildman–Crippen MR) is 118 cm³/mol. The van der Waals surface area contributed by atoms with Gasteiger partial charge in [-0.3, -0.25) is 9.69 Å². The van der Waals surface area contributed by atoms with E-state index in [0.29, 0.717) is 22.9 Å². The van der Waals surface area contributed by atoms with Crippen molar-refractivity contribution in [3.8, 4) is 11.8 Å². The molecule has 0 spiro atoms. The number of rotatable bonds is 5. The van der Waals surface area contributed by atoms with E-state index in [1.165, 1.54) is 0 Å². The largest absolute Gasteiger partial charge is 0.440 e. The first-order chi connectivity index (χ1) is 15.0. The molecule has 3 heterocycles. The van der Waals surface area contributed by atoms with Gasteiger partial charge in [0.15, 0.2) is 0 Å². The molecule has 2 aliphatic rings. The van der Waals surface area contributed by atoms with Gasteiger partial charge in [-0.05, 0) is 31.0 Å². The highest BCUT2D eigenvalue weighted by Gasteiger charge is 2.34. The highest BCUT2D eigenvalue weighted by atomic mass is 35.5. The Bertz CT molecular complexity index is 1100. The first kappa shape index (κ1) is 21.4. The summed E-state index contributed by atoms with van der Waals surface area (Å²) in [5.74, 6) is -0.160. The van der Waals surface area contributed by atoms with Crippen molar-refractivity contribution in [2.24, 2.45) is 5.73 Å². The molecule has 4 rings (SSSR count). The van der Waals surface area contributed by atoms with Crippen LogP contribution in [0.2, 0.25) is 5.02 Å². The number of nitrogens with zero attached hydrogens (tertiary/aromatic N) is 3. The number of allylic oxidation sites excluding steroid dienone is 1. The van der Waals surface area contributed by atoms with Crippen molar-refractivity contribution in [2.45, 2.75) is 25.8 Å². The molecular formula is C23H25ClN4O3. The van der Waals surface area contributed by atoms with Crippen LogP contribution in [0.3, 0.4) is 0 Å². The molecule has 0 aliphatic carbocycles. The minimum absolute atomic E-state index is 0.0267. The zero-order valence-electron chi connectivity index (χ0n) is 17.4. The molecule has 1 aromatic heterocycles. The Kier molecular flexibility index (Phi) is 6.33. The molecule has 0 bridgehead atoms. The van der Waals surface area contributed by atoms with Crippen LogP contribution in [0, 0.1) is 18.3 Å². The second-order valence-corrected chi connectivity index (χ2v) is 8.24. The molecule has 8 heteroatoms. The zero-order valence-corrected chi connectivity index (χ0v) is 18.2. The molecule has 0 unspecified atom stereocenters. The molecule has 1 fully saturated rings. The number of halogens is 1. The summed E-state index contributed by atoms with van der Waals surface area (Å²) < 4.78 is 12.9. The van der Waals surface area contributed by atoms with Crippen molar-refractivity contribution in [1.82, 2.24) is 9.47 Å². The molecule has 31 heavy (non-hydrogen) atoms. The normalized spacial score (nSPS) is 18.9. The van der Waals surface area contributed by atoms with E-state index in [0.717, 1.165) is 50.5 Å². The minimum atomic E-state index is -0.593. The van der Waals surface area contributed by atoms with E-state index in [-0.39, 0.29) is 17.0 Å². The van der Waals surface area contributed by atoms with Gasteiger partial charge in [0.05, 0.1) is 24.7 Å². The van der Waals surface area contributed by atoms with E-state index < -0.39 is 5.92 Å². The quantitative estimate of drug-likeness (QED) is 0.768. The highest BCUT2D eigenvalue weighted by Crippen LogP contribution is 2.40. The highest BCUT2D eigenvalue weighted by molar-refractivity contribution is 6.30. The number of benzene rings is 1. The van der Waals surface area contributed by atoms with Crippen LogP contribution in [0.1, 0.15) is 29.2 Å². The Labute approximate surface area is 186 Å². The maximum absolute atomic E-state index is 13.6. The van der Waals surface area contributed by atoms with Crippen LogP contribution in [-0.4, -0.2) is 42.3 Å². The van der Waals surface area contributed by atoms with Crippen molar-refractivity contribution in [3.63, 3.8) is 0 Å². The van der Waals surface area contributed by atoms with E-state index in [9.17, 15) is 10.1 Å². The molecule has 1 aromatic carbocycles. The summed E-state index contributed by atoms with van der Waals surface area (Å²) in [6.07, 6.45) is 0.842. The standard InChI is InChI=1S/C23H25ClN4O3/c1-15-13-19-21(23(29)28(15)8-2-7-27-9-11-30-12-10-27)20(18(14-25)22(26)31-19)16-3-5-17(24)6-4-16/h3-6,13,20H,2,7-12,26H2,1H3/t20-/m0/s1. The van der Waals surface area contributed by atoms with Crippen LogP contribution < -0.4 is 16.0 Å². The van der Waals surface area contributed by atoms with Gasteiger partial charge in [0, 0.05) is 43.0 Å². The van der Waals surface area contributed by atoms with Gasteiger partial charge in [-0.2, -0.15) is 5.26 Å². The summed E-state index contributed by atoms with van der Waals surface area (Å²) in [7, 11) is 0. The number of aryl methyl sites for hydroxylation is 1. The van der Waals surface area contributed by atoms with Crippen LogP contribution in [0.15, 0.2) is 46.6 Å². The number of aromatic nitrogens is 1. The summed E-state index contributed by atoms with van der Waals surface area (Å²) in [4.78, 5) is 15.9. The van der Waals surface area contributed by atoms with Gasteiger partial charge >= 0.3 is 0 Å². The van der Waals surface area contributed by atoms with Crippen LogP contribution >= 0.6 is 11.6 Å². The lowest BCUT2D eigenvalue weighted by atomic mass is 9.84. The Morgan fingerprint density at radius 1 is 1.23 bits per heavy atom. The van der Waals surface area contributed by atoms with Crippen molar-refractivity contribution < 1.29 is 9.47 Å². The lowest BCUT2D eigenvalue weighted by molar-refractivity contribution is 0.0369. The molecule has 1 atom stereocenters. The van der Waals surface area contributed by atoms with E-state index in [1.54, 1.807) is 16.7 Å². The van der Waals surface area contributed by atoms with Crippen LogP contribution in [-0.2, 0) is 11.3 Å². The third kappa shape index (κ3) is 4.33. The number of fused-ring (bicyclic) bond motifs is 1. The number of nitriles is 1. The second kappa shape index (κ2) is 9.15. The predicted octanol–water partition coefficient (Wildman–Crippen LogP) is 2.75. The molecule has 2 N–H and O–H groups in total. The fourth-order valence-electron chi connectivity index (χ4n) is 4.23. The molecular weight excluding hydrogens is 416 g/mol. The van der Waals surface area contributed by atoms with Gasteiger partial charge in [0.1, 0.15) is 17.4 Å². The summed E-state index contributed by atoms with van der Waals surface area (Å²) in [5, 5.41) is 10.3. The number of nitrogens with two attached hydrogens (primary N) is 1. The van der Waals surface area contributed by atoms with Crippen LogP contribution in [0.5, 0.6) is 5.75 Å². The van der Waals surface area contributed by atoms with Gasteiger partial charge in [-0.1, -0.05) is 23.7 Å². The molecule has 162 valence electrons. The van der Waals surface area contributed by atoms with Gasteiger partial charge in [-0.25, -0.2) is 0 Å². The van der Waals surface area contributed by atoms with E-state index in [1.807, 2.05) is 25.1 Å². The number of ether oxygens (including phenoxy) is 2. The van der Waals surface area contributed by atoms with E-state index >= 15 is 0 Å². The first-order valence-corrected chi connectivity index (χ1v) is 10.7. The average molecular weight is 441 g/mol. The maximum atomic E-state index is 13.6. The monoisotopic (exact) mass is 440 g/mol. The SMILES string of the molecule is Cc1cc2c(c(=O)n1CCCN1CCOCC1)[C@@H](c1ccc(Cl)cc1)C(C#N)=C(N)O2. The lowest BCUT2D eigenvalue weighted by Crippen LogP contribution is -2.38. The Hall–Kier alpha value is -2.79. The molecule has 0 radical (unpaired) electrons. The number of morpholine rings is 1. The Morgan fingerprint density at radius 2 is 1.94 bits per heavy atom. The third-order valence-corrected chi connectivity index (χ3v) is 6.11. The van der Waals surface area contributed by atoms with Crippen molar-refractivity contribution in [3.05, 3.63) is 74.0 Å². The number of hydrogen-bond donors (Lipinski definition) is 1. The molecule has 2 aromatic rings. The third-order valence-electron chi connectivity index (χ3n) is 5.85. The van der Waals surface area contributed by atoms with Gasteiger partial charge in [0.2, 0.25) is 5.88 Å². The summed E-state index contributed by atoms with van der Waals surface area (Å²) in [6, 6.07) is 11.1. The molecule has 7 nitrogen and oxygen atoms in total. The number of hydrogen-bond acceptors (Lipinski definition) is 6. The lowest BCUT2D eigenvalue weighted by Gasteiger charge is -2.28. The van der Waals surface area contributed by atoms with Crippen molar-refractivity contribution in [1.29, 1.82) is 5.26 Å². The number of pyridine rings is 1. The summed E-state index contributed by atoms with van der Waals surface area (Å²) in [5.41, 5.74) is 8.13. The fourth-order valence-corrected chi connectivity index (χ4v) is 4.36. The van der Waals surface area contributed by atoms with Gasteiger partial charge in [0.25, 0.3) is 5.56 Å². The molecule has 0 saturated carbocycles. The summed E-state index contributed by atoms with van der Waals surface area (Å²) in [6.45, 7) is 6.71. The molecule has 0 amide bonds. The summed E-state index contributed by atoms with van der Waals surface area (Å²) >= 11 is 6.04. The average Bonchev–Trinajstić information content (AvgIpc) is 2.76.